The number of hydrogen-bond acceptors (Lipinski definition) is 9. The summed E-state index contributed by atoms with van der Waals surface area (Å²) in [6.45, 7) is 2.13. The van der Waals surface area contributed by atoms with Crippen molar-refractivity contribution in [2.75, 3.05) is 19.8 Å². The SMILES string of the molecule is Cc1ccc([C@H]2CC(c3cccs3)=NN2C(=O)CSc2nnc(CNC(=O)c3ccc(S(=O)(=O)N(C)C)cc3)n2C)cc1. The second-order valence-corrected chi connectivity index (χ2v) is 14.2. The minimum atomic E-state index is -3.58. The molecule has 0 saturated heterocycles. The molecule has 224 valence electrons. The number of amides is 2. The van der Waals surface area contributed by atoms with Gasteiger partial charge in [-0.1, -0.05) is 47.7 Å². The molecule has 5 rings (SSSR count). The van der Waals surface area contributed by atoms with Crippen molar-refractivity contribution in [3.63, 3.8) is 0 Å². The van der Waals surface area contributed by atoms with Crippen LogP contribution in [0.3, 0.4) is 0 Å². The summed E-state index contributed by atoms with van der Waals surface area (Å²) in [5.74, 6) is 0.104. The fourth-order valence-corrected chi connectivity index (χ4v) is 6.85. The van der Waals surface area contributed by atoms with Crippen LogP contribution in [0.4, 0.5) is 0 Å². The molecule has 0 bridgehead atoms. The van der Waals surface area contributed by atoms with Gasteiger partial charge in [0.1, 0.15) is 0 Å². The molecule has 1 N–H and O–H groups in total. The first kappa shape index (κ1) is 30.6. The molecule has 3 heterocycles. The number of carbonyl (C=O) groups excluding carboxylic acids is 2. The Hall–Kier alpha value is -3.85. The van der Waals surface area contributed by atoms with Crippen LogP contribution in [0.2, 0.25) is 0 Å². The zero-order valence-corrected chi connectivity index (χ0v) is 26.5. The van der Waals surface area contributed by atoms with E-state index in [2.05, 4.69) is 15.5 Å². The van der Waals surface area contributed by atoms with E-state index < -0.39 is 10.0 Å². The Morgan fingerprint density at radius 3 is 2.44 bits per heavy atom. The third kappa shape index (κ3) is 6.72. The highest BCUT2D eigenvalue weighted by molar-refractivity contribution is 7.99. The van der Waals surface area contributed by atoms with Gasteiger partial charge in [0.05, 0.1) is 33.8 Å². The van der Waals surface area contributed by atoms with Gasteiger partial charge in [-0.2, -0.15) is 5.10 Å². The highest BCUT2D eigenvalue weighted by Crippen LogP contribution is 2.34. The molecule has 2 amide bonds. The summed E-state index contributed by atoms with van der Waals surface area (Å²) in [5.41, 5.74) is 3.39. The van der Waals surface area contributed by atoms with Crippen LogP contribution in [0, 0.1) is 6.92 Å². The fraction of sp³-hybridized carbons (Fsp3) is 0.276. The summed E-state index contributed by atoms with van der Waals surface area (Å²) in [7, 11) is 1.09. The Labute approximate surface area is 258 Å². The molecule has 0 unspecified atom stereocenters. The molecule has 14 heteroatoms. The Morgan fingerprint density at radius 1 is 1.07 bits per heavy atom. The van der Waals surface area contributed by atoms with E-state index >= 15 is 0 Å². The van der Waals surface area contributed by atoms with E-state index in [9.17, 15) is 18.0 Å². The van der Waals surface area contributed by atoms with Crippen molar-refractivity contribution in [2.45, 2.75) is 36.0 Å². The van der Waals surface area contributed by atoms with Crippen LogP contribution in [0.25, 0.3) is 0 Å². The van der Waals surface area contributed by atoms with Crippen LogP contribution in [-0.2, 0) is 28.4 Å². The quantitative estimate of drug-likeness (QED) is 0.262. The molecule has 0 radical (unpaired) electrons. The summed E-state index contributed by atoms with van der Waals surface area (Å²) in [6.07, 6.45) is 0.641. The van der Waals surface area contributed by atoms with Crippen molar-refractivity contribution in [3.05, 3.63) is 93.4 Å². The van der Waals surface area contributed by atoms with Crippen molar-refractivity contribution in [3.8, 4) is 0 Å². The number of sulfonamides is 1. The van der Waals surface area contributed by atoms with E-state index in [1.807, 2.05) is 48.7 Å². The van der Waals surface area contributed by atoms with Gasteiger partial charge < -0.3 is 9.88 Å². The number of hydrogen-bond donors (Lipinski definition) is 1. The second-order valence-electron chi connectivity index (χ2n) is 10.1. The first-order valence-electron chi connectivity index (χ1n) is 13.4. The first-order valence-corrected chi connectivity index (χ1v) is 16.7. The van der Waals surface area contributed by atoms with Gasteiger partial charge in [0, 0.05) is 33.1 Å². The summed E-state index contributed by atoms with van der Waals surface area (Å²) < 4.78 is 27.4. The normalized spacial score (nSPS) is 15.1. The predicted octanol–water partition coefficient (Wildman–Crippen LogP) is 3.84. The lowest BCUT2D eigenvalue weighted by atomic mass is 10.00. The van der Waals surface area contributed by atoms with Crippen molar-refractivity contribution in [1.82, 2.24) is 29.4 Å². The van der Waals surface area contributed by atoms with Crippen LogP contribution in [-0.4, -0.2) is 69.9 Å². The average Bonchev–Trinajstić information content (AvgIpc) is 3.76. The number of carbonyl (C=O) groups is 2. The minimum Gasteiger partial charge on any atom is -0.345 e. The van der Waals surface area contributed by atoms with Gasteiger partial charge in [0.25, 0.3) is 11.8 Å². The maximum absolute atomic E-state index is 13.4. The molecule has 2 aromatic heterocycles. The zero-order chi connectivity index (χ0) is 30.7. The smallest absolute Gasteiger partial charge is 0.253 e. The molecular formula is C29H31N7O4S3. The number of benzene rings is 2. The number of thiophene rings is 1. The number of aromatic nitrogens is 3. The van der Waals surface area contributed by atoms with Gasteiger partial charge >= 0.3 is 0 Å². The van der Waals surface area contributed by atoms with Crippen LogP contribution < -0.4 is 5.32 Å². The summed E-state index contributed by atoms with van der Waals surface area (Å²) in [4.78, 5) is 27.3. The van der Waals surface area contributed by atoms with Gasteiger partial charge in [-0.15, -0.1) is 21.5 Å². The Morgan fingerprint density at radius 2 is 1.79 bits per heavy atom. The predicted molar refractivity (Wildman–Crippen MR) is 166 cm³/mol. The number of nitrogens with zero attached hydrogens (tertiary/aromatic N) is 6. The third-order valence-corrected chi connectivity index (χ3v) is 10.7. The Kier molecular flexibility index (Phi) is 9.11. The van der Waals surface area contributed by atoms with Gasteiger partial charge in [0.2, 0.25) is 10.0 Å². The molecule has 11 nitrogen and oxygen atoms in total. The largest absolute Gasteiger partial charge is 0.345 e. The van der Waals surface area contributed by atoms with E-state index in [4.69, 9.17) is 5.10 Å². The standard InChI is InChI=1S/C29H31N7O4S3/c1-19-7-9-20(10-8-19)24-16-23(25-6-5-15-41-25)33-36(24)27(37)18-42-29-32-31-26(35(29)4)17-30-28(38)21-11-13-22(14-12-21)43(39,40)34(2)3/h5-15,24H,16-18H2,1-4H3,(H,30,38)/t24-/m1/s1. The van der Waals surface area contributed by atoms with E-state index in [-0.39, 0.29) is 35.0 Å². The lowest BCUT2D eigenvalue weighted by molar-refractivity contribution is -0.130. The summed E-state index contributed by atoms with van der Waals surface area (Å²) in [5, 5.41) is 20.0. The average molecular weight is 638 g/mol. The van der Waals surface area contributed by atoms with E-state index in [0.29, 0.717) is 23.0 Å². The van der Waals surface area contributed by atoms with Crippen molar-refractivity contribution in [1.29, 1.82) is 0 Å². The van der Waals surface area contributed by atoms with Crippen LogP contribution >= 0.6 is 23.1 Å². The highest BCUT2D eigenvalue weighted by atomic mass is 32.2. The number of hydrazone groups is 1. The van der Waals surface area contributed by atoms with Gasteiger partial charge in [0.15, 0.2) is 11.0 Å². The van der Waals surface area contributed by atoms with Crippen molar-refractivity contribution >= 4 is 50.6 Å². The molecule has 0 spiro atoms. The minimum absolute atomic E-state index is 0.102. The van der Waals surface area contributed by atoms with Crippen molar-refractivity contribution < 1.29 is 18.0 Å². The lowest BCUT2D eigenvalue weighted by Gasteiger charge is -2.22. The van der Waals surface area contributed by atoms with Gasteiger partial charge in [-0.25, -0.2) is 17.7 Å². The Balaban J connectivity index is 1.21. The molecule has 43 heavy (non-hydrogen) atoms. The topological polar surface area (TPSA) is 130 Å². The first-order chi connectivity index (χ1) is 20.5. The lowest BCUT2D eigenvalue weighted by Crippen LogP contribution is -2.28. The van der Waals surface area contributed by atoms with Gasteiger partial charge in [-0.05, 0) is 48.2 Å². The van der Waals surface area contributed by atoms with Crippen LogP contribution in [0.5, 0.6) is 0 Å². The highest BCUT2D eigenvalue weighted by Gasteiger charge is 2.33. The van der Waals surface area contributed by atoms with E-state index in [1.54, 1.807) is 28.0 Å². The zero-order valence-electron chi connectivity index (χ0n) is 24.1. The maximum Gasteiger partial charge on any atom is 0.253 e. The van der Waals surface area contributed by atoms with E-state index in [0.717, 1.165) is 26.0 Å². The molecular weight excluding hydrogens is 607 g/mol. The second kappa shape index (κ2) is 12.8. The number of thioether (sulfide) groups is 1. The number of aryl methyl sites for hydroxylation is 1. The number of rotatable bonds is 10. The van der Waals surface area contributed by atoms with E-state index in [1.165, 1.54) is 50.1 Å². The summed E-state index contributed by atoms with van der Waals surface area (Å²) >= 11 is 2.86. The maximum atomic E-state index is 13.4. The third-order valence-electron chi connectivity index (χ3n) is 6.99. The molecule has 1 atom stereocenters. The van der Waals surface area contributed by atoms with Crippen molar-refractivity contribution in [2.24, 2.45) is 12.1 Å². The summed E-state index contributed by atoms with van der Waals surface area (Å²) in [6, 6.07) is 17.7. The van der Waals surface area contributed by atoms with Crippen LogP contribution in [0.15, 0.2) is 81.2 Å². The van der Waals surface area contributed by atoms with Gasteiger partial charge in [-0.3, -0.25) is 9.59 Å². The molecule has 1 aliphatic heterocycles. The fourth-order valence-electron chi connectivity index (χ4n) is 4.45. The molecule has 4 aromatic rings. The Bertz CT molecular complexity index is 1750. The monoisotopic (exact) mass is 637 g/mol. The molecule has 0 saturated carbocycles. The molecule has 0 fully saturated rings. The number of nitrogens with one attached hydrogen (secondary N) is 1. The molecule has 1 aliphatic rings. The molecule has 0 aliphatic carbocycles. The molecule has 2 aromatic carbocycles. The van der Waals surface area contributed by atoms with Crippen LogP contribution in [0.1, 0.15) is 44.6 Å².